The molecule has 0 spiro atoms. The quantitative estimate of drug-likeness (QED) is 0.637. The molecule has 0 aliphatic heterocycles. The number of benzene rings is 1. The van der Waals surface area contributed by atoms with Crippen molar-refractivity contribution in [3.63, 3.8) is 0 Å². The van der Waals surface area contributed by atoms with Gasteiger partial charge in [0.25, 0.3) is 10.0 Å². The molecule has 0 atom stereocenters. The second-order valence-corrected chi connectivity index (χ2v) is 5.18. The predicted molar refractivity (Wildman–Crippen MR) is 57.5 cm³/mol. The Morgan fingerprint density at radius 2 is 2.00 bits per heavy atom. The summed E-state index contributed by atoms with van der Waals surface area (Å²) < 4.78 is 37.5. The van der Waals surface area contributed by atoms with E-state index < -0.39 is 15.8 Å². The first kappa shape index (κ1) is 12.9. The molecule has 1 aromatic carbocycles. The van der Waals surface area contributed by atoms with Crippen LogP contribution in [0.5, 0.6) is 0 Å². The first-order valence-electron chi connectivity index (χ1n) is 4.39. The van der Waals surface area contributed by atoms with Crippen molar-refractivity contribution in [2.45, 2.75) is 11.8 Å². The van der Waals surface area contributed by atoms with Crippen LogP contribution in [0.25, 0.3) is 0 Å². The van der Waals surface area contributed by atoms with E-state index >= 15 is 0 Å². The van der Waals surface area contributed by atoms with E-state index in [0.29, 0.717) is 4.47 Å². The average Bonchev–Trinajstić information content (AvgIpc) is 2.23. The average molecular weight is 248 g/mol. The normalized spacial score (nSPS) is 12.1. The van der Waals surface area contributed by atoms with E-state index in [-0.39, 0.29) is 16.1 Å². The molecule has 1 rings (SSSR count). The Labute approximate surface area is 93.6 Å². The number of sulfonamides is 1. The third kappa shape index (κ3) is 2.16. The lowest BCUT2D eigenvalue weighted by molar-refractivity contribution is -0.0258. The van der Waals surface area contributed by atoms with E-state index in [4.69, 9.17) is 5.73 Å². The summed E-state index contributed by atoms with van der Waals surface area (Å²) in [6, 6.07) is 2.27. The fourth-order valence-electron chi connectivity index (χ4n) is 1.16. The zero-order chi connectivity index (χ0) is 12.5. The highest BCUT2D eigenvalue weighted by Crippen LogP contribution is 2.22. The molecule has 5 nitrogen and oxygen atoms in total. The Balaban J connectivity index is 3.36. The lowest BCUT2D eigenvalue weighted by Crippen LogP contribution is -2.26. The van der Waals surface area contributed by atoms with Crippen LogP contribution in [-0.4, -0.2) is 27.0 Å². The lowest BCUT2D eigenvalue weighted by Gasteiger charge is -2.15. The fourth-order valence-corrected chi connectivity index (χ4v) is 2.25. The van der Waals surface area contributed by atoms with Crippen molar-refractivity contribution in [1.82, 2.24) is 4.47 Å². The summed E-state index contributed by atoms with van der Waals surface area (Å²) in [5, 5.41) is 0. The molecular weight excluding hydrogens is 235 g/mol. The van der Waals surface area contributed by atoms with E-state index in [1.54, 1.807) is 0 Å². The molecule has 7 heteroatoms. The van der Waals surface area contributed by atoms with Crippen molar-refractivity contribution < 1.29 is 17.6 Å². The summed E-state index contributed by atoms with van der Waals surface area (Å²) in [6.45, 7) is 1.44. The Bertz CT molecular complexity index is 478. The molecule has 0 fully saturated rings. The lowest BCUT2D eigenvalue weighted by atomic mass is 10.2. The molecule has 1 aromatic rings. The van der Waals surface area contributed by atoms with Crippen molar-refractivity contribution in [3.05, 3.63) is 23.5 Å². The predicted octanol–water partition coefficient (Wildman–Crippen LogP) is 0.898. The van der Waals surface area contributed by atoms with E-state index in [1.807, 2.05) is 0 Å². The second-order valence-electron chi connectivity index (χ2n) is 3.24. The van der Waals surface area contributed by atoms with Gasteiger partial charge in [-0.25, -0.2) is 12.8 Å². The van der Waals surface area contributed by atoms with Crippen molar-refractivity contribution >= 4 is 15.7 Å². The monoisotopic (exact) mass is 248 g/mol. The van der Waals surface area contributed by atoms with E-state index in [0.717, 1.165) is 6.07 Å². The molecule has 0 bridgehead atoms. The van der Waals surface area contributed by atoms with Gasteiger partial charge in [0.05, 0.1) is 17.7 Å². The minimum Gasteiger partial charge on any atom is -0.396 e. The molecule has 0 radical (unpaired) electrons. The molecule has 0 aliphatic carbocycles. The molecule has 0 saturated carbocycles. The largest absolute Gasteiger partial charge is 0.396 e. The van der Waals surface area contributed by atoms with Gasteiger partial charge in [0.1, 0.15) is 5.82 Å². The summed E-state index contributed by atoms with van der Waals surface area (Å²) in [7, 11) is -1.33. The Morgan fingerprint density at radius 1 is 1.44 bits per heavy atom. The first-order chi connectivity index (χ1) is 7.30. The molecule has 0 heterocycles. The topological polar surface area (TPSA) is 72.6 Å². The van der Waals surface area contributed by atoms with Gasteiger partial charge in [0, 0.05) is 7.05 Å². The maximum absolute atomic E-state index is 13.2. The van der Waals surface area contributed by atoms with Gasteiger partial charge < -0.3 is 5.73 Å². The van der Waals surface area contributed by atoms with Gasteiger partial charge in [-0.2, -0.15) is 0 Å². The first-order valence-corrected chi connectivity index (χ1v) is 5.83. The number of hydroxylamine groups is 1. The van der Waals surface area contributed by atoms with E-state index in [2.05, 4.69) is 4.84 Å². The van der Waals surface area contributed by atoms with Gasteiger partial charge in [0.15, 0.2) is 0 Å². The summed E-state index contributed by atoms with van der Waals surface area (Å²) in [5.41, 5.74) is 5.33. The molecule has 0 amide bonds. The van der Waals surface area contributed by atoms with Gasteiger partial charge in [0.2, 0.25) is 0 Å². The summed E-state index contributed by atoms with van der Waals surface area (Å²) >= 11 is 0. The Morgan fingerprint density at radius 3 is 2.44 bits per heavy atom. The van der Waals surface area contributed by atoms with Gasteiger partial charge >= 0.3 is 0 Å². The third-order valence-electron chi connectivity index (χ3n) is 2.15. The van der Waals surface area contributed by atoms with Gasteiger partial charge in [-0.1, -0.05) is 4.47 Å². The van der Waals surface area contributed by atoms with Crippen LogP contribution >= 0.6 is 0 Å². The SMILES string of the molecule is CON(C)S(=O)(=O)c1cc(C)c(F)c(N)c1. The van der Waals surface area contributed by atoms with Crippen LogP contribution in [0.4, 0.5) is 10.1 Å². The molecule has 0 aromatic heterocycles. The maximum atomic E-state index is 13.2. The van der Waals surface area contributed by atoms with Crippen molar-refractivity contribution in [2.24, 2.45) is 0 Å². The Hall–Kier alpha value is -1.18. The number of nitrogen functional groups attached to an aromatic ring is 1. The van der Waals surface area contributed by atoms with Crippen LogP contribution in [0, 0.1) is 12.7 Å². The second kappa shape index (κ2) is 4.36. The third-order valence-corrected chi connectivity index (χ3v) is 3.81. The minimum atomic E-state index is -3.79. The number of nitrogens with zero attached hydrogens (tertiary/aromatic N) is 1. The molecule has 0 aliphatic rings. The minimum absolute atomic E-state index is 0.103. The van der Waals surface area contributed by atoms with Gasteiger partial charge in [-0.3, -0.25) is 4.84 Å². The molecule has 16 heavy (non-hydrogen) atoms. The Kier molecular flexibility index (Phi) is 3.51. The number of nitrogens with two attached hydrogens (primary N) is 1. The number of rotatable bonds is 3. The zero-order valence-corrected chi connectivity index (χ0v) is 10.0. The van der Waals surface area contributed by atoms with Gasteiger partial charge in [-0.15, -0.1) is 0 Å². The summed E-state index contributed by atoms with van der Waals surface area (Å²) in [4.78, 5) is 4.49. The number of anilines is 1. The van der Waals surface area contributed by atoms with Crippen LogP contribution < -0.4 is 5.73 Å². The number of hydrogen-bond donors (Lipinski definition) is 1. The van der Waals surface area contributed by atoms with Crippen LogP contribution in [0.3, 0.4) is 0 Å². The molecular formula is C9H13FN2O3S. The summed E-state index contributed by atoms with van der Waals surface area (Å²) in [6.07, 6.45) is 0. The molecule has 0 saturated heterocycles. The molecule has 90 valence electrons. The van der Waals surface area contributed by atoms with Crippen LogP contribution in [-0.2, 0) is 14.9 Å². The van der Waals surface area contributed by atoms with Crippen LogP contribution in [0.15, 0.2) is 17.0 Å². The van der Waals surface area contributed by atoms with Crippen LogP contribution in [0.2, 0.25) is 0 Å². The number of aryl methyl sites for hydroxylation is 1. The van der Waals surface area contributed by atoms with Crippen molar-refractivity contribution in [3.8, 4) is 0 Å². The van der Waals surface area contributed by atoms with Gasteiger partial charge in [-0.05, 0) is 24.6 Å². The maximum Gasteiger partial charge on any atom is 0.264 e. The highest BCUT2D eigenvalue weighted by Gasteiger charge is 2.22. The standard InChI is InChI=1S/C9H13FN2O3S/c1-6-4-7(5-8(11)9(6)10)16(13,14)12(2)15-3/h4-5H,11H2,1-3H3. The number of halogens is 1. The smallest absolute Gasteiger partial charge is 0.264 e. The van der Waals surface area contributed by atoms with Crippen LogP contribution in [0.1, 0.15) is 5.56 Å². The zero-order valence-electron chi connectivity index (χ0n) is 9.19. The van der Waals surface area contributed by atoms with Crippen molar-refractivity contribution in [1.29, 1.82) is 0 Å². The fraction of sp³-hybridized carbons (Fsp3) is 0.333. The highest BCUT2D eigenvalue weighted by atomic mass is 32.2. The summed E-state index contributed by atoms with van der Waals surface area (Å²) in [5.74, 6) is -0.612. The molecule has 0 unspecified atom stereocenters. The molecule has 2 N–H and O–H groups in total. The highest BCUT2D eigenvalue weighted by molar-refractivity contribution is 7.89. The van der Waals surface area contributed by atoms with E-state index in [1.165, 1.54) is 27.1 Å². The van der Waals surface area contributed by atoms with E-state index in [9.17, 15) is 12.8 Å². The van der Waals surface area contributed by atoms with Crippen molar-refractivity contribution in [2.75, 3.05) is 19.9 Å². The number of hydrogen-bond acceptors (Lipinski definition) is 4.